The Hall–Kier alpha value is -2.53. The number of nitro groups is 1. The minimum atomic E-state index is -0.505. The number of aryl methyl sites for hydroxylation is 2. The molecule has 1 N–H and O–H groups in total. The van der Waals surface area contributed by atoms with Gasteiger partial charge >= 0.3 is 5.69 Å². The molecule has 0 aliphatic carbocycles. The SMILES string of the molecule is [C-]#[N+]c1cc(Br)ccc1CNc1nc(C)nc(C)c1[N+](=O)[O-]. The summed E-state index contributed by atoms with van der Waals surface area (Å²) in [6.45, 7) is 10.7. The van der Waals surface area contributed by atoms with Gasteiger partial charge in [-0.3, -0.25) is 10.1 Å². The quantitative estimate of drug-likeness (QED) is 0.506. The molecule has 0 unspecified atom stereocenters. The van der Waals surface area contributed by atoms with Crippen molar-refractivity contribution in [2.24, 2.45) is 0 Å². The molecule has 0 aliphatic rings. The van der Waals surface area contributed by atoms with Gasteiger partial charge in [0, 0.05) is 11.0 Å². The maximum atomic E-state index is 11.2. The van der Waals surface area contributed by atoms with E-state index in [1.807, 2.05) is 6.07 Å². The second kappa shape index (κ2) is 6.49. The second-order valence-electron chi connectivity index (χ2n) is 4.55. The molecule has 0 saturated heterocycles. The van der Waals surface area contributed by atoms with Gasteiger partial charge in [0.25, 0.3) is 0 Å². The van der Waals surface area contributed by atoms with Gasteiger partial charge in [-0.2, -0.15) is 0 Å². The van der Waals surface area contributed by atoms with Gasteiger partial charge in [-0.05, 0) is 25.5 Å². The monoisotopic (exact) mass is 361 g/mol. The first-order chi connectivity index (χ1) is 10.4. The number of halogens is 1. The van der Waals surface area contributed by atoms with E-state index in [4.69, 9.17) is 6.57 Å². The lowest BCUT2D eigenvalue weighted by Crippen LogP contribution is -2.08. The first kappa shape index (κ1) is 15.9. The van der Waals surface area contributed by atoms with E-state index in [0.29, 0.717) is 17.2 Å². The summed E-state index contributed by atoms with van der Waals surface area (Å²) in [5, 5.41) is 14.1. The number of aromatic nitrogens is 2. The van der Waals surface area contributed by atoms with E-state index in [9.17, 15) is 10.1 Å². The Morgan fingerprint density at radius 3 is 2.77 bits per heavy atom. The van der Waals surface area contributed by atoms with Crippen molar-refractivity contribution < 1.29 is 4.92 Å². The lowest BCUT2D eigenvalue weighted by atomic mass is 10.2. The number of nitrogens with one attached hydrogen (secondary N) is 1. The van der Waals surface area contributed by atoms with E-state index < -0.39 is 4.92 Å². The molecule has 112 valence electrons. The van der Waals surface area contributed by atoms with Crippen LogP contribution in [0.2, 0.25) is 0 Å². The normalized spacial score (nSPS) is 10.1. The average Bonchev–Trinajstić information content (AvgIpc) is 2.44. The highest BCUT2D eigenvalue weighted by atomic mass is 79.9. The zero-order valence-electron chi connectivity index (χ0n) is 11.9. The van der Waals surface area contributed by atoms with E-state index in [0.717, 1.165) is 10.0 Å². The average molecular weight is 362 g/mol. The van der Waals surface area contributed by atoms with Crippen LogP contribution >= 0.6 is 15.9 Å². The Labute approximate surface area is 135 Å². The van der Waals surface area contributed by atoms with Gasteiger partial charge in [-0.15, -0.1) is 0 Å². The van der Waals surface area contributed by atoms with Crippen LogP contribution in [0.25, 0.3) is 4.85 Å². The Kier molecular flexibility index (Phi) is 4.68. The summed E-state index contributed by atoms with van der Waals surface area (Å²) in [7, 11) is 0. The molecular formula is C14H12BrN5O2. The fraction of sp³-hybridized carbons (Fsp3) is 0.214. The van der Waals surface area contributed by atoms with Gasteiger partial charge in [0.05, 0.1) is 11.5 Å². The molecule has 1 heterocycles. The number of hydrogen-bond donors (Lipinski definition) is 1. The van der Waals surface area contributed by atoms with E-state index in [2.05, 4.69) is 36.1 Å². The van der Waals surface area contributed by atoms with Gasteiger partial charge in [-0.1, -0.05) is 28.1 Å². The van der Waals surface area contributed by atoms with E-state index >= 15 is 0 Å². The minimum absolute atomic E-state index is 0.146. The molecule has 0 spiro atoms. The largest absolute Gasteiger partial charge is 0.361 e. The minimum Gasteiger partial charge on any atom is -0.361 e. The number of benzene rings is 1. The molecular weight excluding hydrogens is 350 g/mol. The Bertz CT molecular complexity index is 786. The van der Waals surface area contributed by atoms with Crippen molar-refractivity contribution in [2.75, 3.05) is 5.32 Å². The van der Waals surface area contributed by atoms with Gasteiger partial charge in [-0.25, -0.2) is 14.8 Å². The molecule has 0 radical (unpaired) electrons. The number of rotatable bonds is 4. The predicted octanol–water partition coefficient (Wildman–Crippen LogP) is 3.93. The predicted molar refractivity (Wildman–Crippen MR) is 85.9 cm³/mol. The highest BCUT2D eigenvalue weighted by Crippen LogP contribution is 2.28. The molecule has 0 fully saturated rings. The van der Waals surface area contributed by atoms with Crippen LogP contribution in [0.15, 0.2) is 22.7 Å². The fourth-order valence-electron chi connectivity index (χ4n) is 2.02. The highest BCUT2D eigenvalue weighted by molar-refractivity contribution is 9.10. The third-order valence-electron chi connectivity index (χ3n) is 2.97. The molecule has 2 aromatic rings. The van der Waals surface area contributed by atoms with Gasteiger partial charge in [0.15, 0.2) is 5.69 Å². The summed E-state index contributed by atoms with van der Waals surface area (Å²) in [5.74, 6) is 0.612. The lowest BCUT2D eigenvalue weighted by molar-refractivity contribution is -0.385. The summed E-state index contributed by atoms with van der Waals surface area (Å²) in [5.41, 5.74) is 1.38. The third-order valence-corrected chi connectivity index (χ3v) is 3.46. The molecule has 0 atom stereocenters. The van der Waals surface area contributed by atoms with Crippen LogP contribution in [0.3, 0.4) is 0 Å². The summed E-state index contributed by atoms with van der Waals surface area (Å²) >= 11 is 3.31. The van der Waals surface area contributed by atoms with Crippen LogP contribution in [0.1, 0.15) is 17.1 Å². The van der Waals surface area contributed by atoms with Crippen molar-refractivity contribution in [1.29, 1.82) is 0 Å². The molecule has 22 heavy (non-hydrogen) atoms. The standard InChI is InChI=1S/C14H12BrN5O2/c1-8-13(20(21)22)14(19-9(2)18-8)17-7-10-4-5-11(15)6-12(10)16-3/h4-6H,7H2,1-2H3,(H,17,18,19). The molecule has 0 amide bonds. The van der Waals surface area contributed by atoms with Crippen molar-refractivity contribution in [1.82, 2.24) is 9.97 Å². The maximum absolute atomic E-state index is 11.2. The zero-order chi connectivity index (χ0) is 16.3. The molecule has 1 aromatic heterocycles. The summed E-state index contributed by atoms with van der Waals surface area (Å²) in [4.78, 5) is 22.2. The Morgan fingerprint density at radius 1 is 1.41 bits per heavy atom. The number of nitrogens with zero attached hydrogens (tertiary/aromatic N) is 4. The maximum Gasteiger partial charge on any atom is 0.332 e. The van der Waals surface area contributed by atoms with Crippen LogP contribution in [0, 0.1) is 30.5 Å². The van der Waals surface area contributed by atoms with Gasteiger partial charge < -0.3 is 5.32 Å². The molecule has 0 bridgehead atoms. The summed E-state index contributed by atoms with van der Waals surface area (Å²) < 4.78 is 0.807. The second-order valence-corrected chi connectivity index (χ2v) is 5.46. The lowest BCUT2D eigenvalue weighted by Gasteiger charge is -2.10. The van der Waals surface area contributed by atoms with Gasteiger partial charge in [0.2, 0.25) is 5.82 Å². The van der Waals surface area contributed by atoms with Crippen molar-refractivity contribution in [3.8, 4) is 0 Å². The molecule has 8 heteroatoms. The van der Waals surface area contributed by atoms with E-state index in [1.165, 1.54) is 0 Å². The highest BCUT2D eigenvalue weighted by Gasteiger charge is 2.21. The molecule has 0 aliphatic heterocycles. The number of hydrogen-bond acceptors (Lipinski definition) is 5. The van der Waals surface area contributed by atoms with Crippen molar-refractivity contribution in [3.63, 3.8) is 0 Å². The van der Waals surface area contributed by atoms with Crippen LogP contribution in [0.5, 0.6) is 0 Å². The van der Waals surface area contributed by atoms with Crippen LogP contribution in [-0.2, 0) is 6.54 Å². The van der Waals surface area contributed by atoms with Crippen LogP contribution in [0.4, 0.5) is 17.2 Å². The van der Waals surface area contributed by atoms with Crippen LogP contribution in [-0.4, -0.2) is 14.9 Å². The first-order valence-corrected chi connectivity index (χ1v) is 7.11. The van der Waals surface area contributed by atoms with Crippen molar-refractivity contribution >= 4 is 33.1 Å². The molecule has 0 saturated carbocycles. The van der Waals surface area contributed by atoms with Crippen molar-refractivity contribution in [3.05, 3.63) is 61.3 Å². The van der Waals surface area contributed by atoms with E-state index in [1.54, 1.807) is 26.0 Å². The summed E-state index contributed by atoms with van der Waals surface area (Å²) in [6.07, 6.45) is 0. The first-order valence-electron chi connectivity index (χ1n) is 6.31. The molecule has 2 rings (SSSR count). The van der Waals surface area contributed by atoms with E-state index in [-0.39, 0.29) is 18.1 Å². The van der Waals surface area contributed by atoms with Crippen molar-refractivity contribution in [2.45, 2.75) is 20.4 Å². The molecule has 7 nitrogen and oxygen atoms in total. The fourth-order valence-corrected chi connectivity index (χ4v) is 2.37. The summed E-state index contributed by atoms with van der Waals surface area (Å²) in [6, 6.07) is 5.31. The Balaban J connectivity index is 2.33. The Morgan fingerprint density at radius 2 is 2.14 bits per heavy atom. The topological polar surface area (TPSA) is 85.3 Å². The van der Waals surface area contributed by atoms with Gasteiger partial charge in [0.1, 0.15) is 11.5 Å². The third kappa shape index (κ3) is 3.38. The zero-order valence-corrected chi connectivity index (χ0v) is 13.5. The smallest absolute Gasteiger partial charge is 0.332 e. The number of anilines is 1. The van der Waals surface area contributed by atoms with Crippen LogP contribution < -0.4 is 5.32 Å². The molecule has 1 aromatic carbocycles.